The van der Waals surface area contributed by atoms with Crippen LogP contribution in [0.25, 0.3) is 0 Å². The number of anilines is 1. The van der Waals surface area contributed by atoms with Gasteiger partial charge in [0.2, 0.25) is 5.91 Å². The maximum absolute atomic E-state index is 13.1. The van der Waals surface area contributed by atoms with E-state index in [9.17, 15) is 14.3 Å². The summed E-state index contributed by atoms with van der Waals surface area (Å²) >= 11 is 0. The fraction of sp³-hybridized carbons (Fsp3) is 0.364. The molecule has 0 heterocycles. The number of nitrogens with zero attached hydrogens (tertiary/aromatic N) is 2. The van der Waals surface area contributed by atoms with Crippen LogP contribution in [0.1, 0.15) is 37.5 Å². The third-order valence-electron chi connectivity index (χ3n) is 4.26. The highest BCUT2D eigenvalue weighted by Crippen LogP contribution is 2.16. The number of nitriles is 1. The van der Waals surface area contributed by atoms with E-state index >= 15 is 0 Å². The standard InChI is InChI=1S/C22H26FN3O2/c1-16(2)14-26(15-21(27)18-5-7-19(23)8-6-18)12-11-22(28)25-20-9-3-17(13-24)4-10-20/h3-10,16,21,27H,11-12,14-15H2,1-2H3,(H,25,28). The Balaban J connectivity index is 1.90. The van der Waals surface area contributed by atoms with Crippen molar-refractivity contribution in [1.82, 2.24) is 4.90 Å². The Hall–Kier alpha value is -2.75. The topological polar surface area (TPSA) is 76.4 Å². The maximum Gasteiger partial charge on any atom is 0.225 e. The number of carbonyl (C=O) groups is 1. The van der Waals surface area contributed by atoms with E-state index in [2.05, 4.69) is 19.2 Å². The van der Waals surface area contributed by atoms with E-state index in [0.717, 1.165) is 6.54 Å². The molecular weight excluding hydrogens is 357 g/mol. The van der Waals surface area contributed by atoms with Crippen LogP contribution in [-0.2, 0) is 4.79 Å². The minimum Gasteiger partial charge on any atom is -0.387 e. The van der Waals surface area contributed by atoms with Gasteiger partial charge in [-0.1, -0.05) is 26.0 Å². The van der Waals surface area contributed by atoms with Gasteiger partial charge in [0.05, 0.1) is 17.7 Å². The van der Waals surface area contributed by atoms with Gasteiger partial charge in [0.1, 0.15) is 5.82 Å². The molecule has 148 valence electrons. The zero-order chi connectivity index (χ0) is 20.5. The Morgan fingerprint density at radius 1 is 1.14 bits per heavy atom. The van der Waals surface area contributed by atoms with Crippen molar-refractivity contribution < 1.29 is 14.3 Å². The predicted octanol–water partition coefficient (Wildman–Crippen LogP) is 3.72. The first-order valence-electron chi connectivity index (χ1n) is 9.33. The summed E-state index contributed by atoms with van der Waals surface area (Å²) in [5, 5.41) is 22.1. The number of carbonyl (C=O) groups excluding carboxylic acids is 1. The van der Waals surface area contributed by atoms with Crippen LogP contribution in [0.5, 0.6) is 0 Å². The van der Waals surface area contributed by atoms with Gasteiger partial charge < -0.3 is 10.4 Å². The van der Waals surface area contributed by atoms with Crippen molar-refractivity contribution in [2.75, 3.05) is 25.0 Å². The molecule has 0 saturated heterocycles. The lowest BCUT2D eigenvalue weighted by atomic mass is 10.1. The molecule has 0 fully saturated rings. The predicted molar refractivity (Wildman–Crippen MR) is 107 cm³/mol. The molecule has 0 bridgehead atoms. The number of benzene rings is 2. The van der Waals surface area contributed by atoms with Crippen LogP contribution in [-0.4, -0.2) is 35.5 Å². The van der Waals surface area contributed by atoms with E-state index in [1.165, 1.54) is 12.1 Å². The zero-order valence-corrected chi connectivity index (χ0v) is 16.2. The molecule has 1 amide bonds. The third kappa shape index (κ3) is 7.10. The average molecular weight is 383 g/mol. The van der Waals surface area contributed by atoms with Crippen LogP contribution in [0.4, 0.5) is 10.1 Å². The van der Waals surface area contributed by atoms with Gasteiger partial charge in [0, 0.05) is 31.7 Å². The molecule has 1 unspecified atom stereocenters. The molecule has 0 aliphatic rings. The van der Waals surface area contributed by atoms with Crippen molar-refractivity contribution in [1.29, 1.82) is 5.26 Å². The van der Waals surface area contributed by atoms with E-state index < -0.39 is 6.10 Å². The molecule has 28 heavy (non-hydrogen) atoms. The Morgan fingerprint density at radius 3 is 2.36 bits per heavy atom. The summed E-state index contributed by atoms with van der Waals surface area (Å²) in [6.45, 7) is 5.76. The van der Waals surface area contributed by atoms with Crippen molar-refractivity contribution in [2.24, 2.45) is 5.92 Å². The fourth-order valence-corrected chi connectivity index (χ4v) is 2.92. The average Bonchev–Trinajstić information content (AvgIpc) is 2.67. The summed E-state index contributed by atoms with van der Waals surface area (Å²) in [4.78, 5) is 14.3. The molecule has 2 aromatic carbocycles. The Kier molecular flexibility index (Phi) is 8.12. The minimum atomic E-state index is -0.749. The normalized spacial score (nSPS) is 12.0. The quantitative estimate of drug-likeness (QED) is 0.692. The molecule has 2 N–H and O–H groups in total. The number of hydrogen-bond acceptors (Lipinski definition) is 4. The number of rotatable bonds is 9. The van der Waals surface area contributed by atoms with Crippen LogP contribution < -0.4 is 5.32 Å². The lowest BCUT2D eigenvalue weighted by molar-refractivity contribution is -0.116. The van der Waals surface area contributed by atoms with Gasteiger partial charge in [0.15, 0.2) is 0 Å². The van der Waals surface area contributed by atoms with E-state index in [4.69, 9.17) is 5.26 Å². The van der Waals surface area contributed by atoms with Crippen molar-refractivity contribution >= 4 is 11.6 Å². The number of hydrogen-bond donors (Lipinski definition) is 2. The first kappa shape index (κ1) is 21.5. The summed E-state index contributed by atoms with van der Waals surface area (Å²) in [6, 6.07) is 14.5. The zero-order valence-electron chi connectivity index (χ0n) is 16.2. The highest BCUT2D eigenvalue weighted by molar-refractivity contribution is 5.90. The van der Waals surface area contributed by atoms with Crippen LogP contribution in [0, 0.1) is 23.1 Å². The van der Waals surface area contributed by atoms with Gasteiger partial charge in [-0.25, -0.2) is 4.39 Å². The van der Waals surface area contributed by atoms with Gasteiger partial charge in [-0.2, -0.15) is 5.26 Å². The van der Waals surface area contributed by atoms with Crippen LogP contribution in [0.3, 0.4) is 0 Å². The molecular formula is C22H26FN3O2. The van der Waals surface area contributed by atoms with Crippen molar-refractivity contribution in [3.63, 3.8) is 0 Å². The lowest BCUT2D eigenvalue weighted by Gasteiger charge is -2.26. The summed E-state index contributed by atoms with van der Waals surface area (Å²) in [5.74, 6) is -0.0915. The van der Waals surface area contributed by atoms with Crippen LogP contribution in [0.15, 0.2) is 48.5 Å². The van der Waals surface area contributed by atoms with Gasteiger partial charge in [-0.05, 0) is 47.9 Å². The van der Waals surface area contributed by atoms with E-state index in [1.54, 1.807) is 36.4 Å². The van der Waals surface area contributed by atoms with E-state index in [0.29, 0.717) is 35.8 Å². The monoisotopic (exact) mass is 383 g/mol. The fourth-order valence-electron chi connectivity index (χ4n) is 2.92. The number of aliphatic hydroxyl groups excluding tert-OH is 1. The summed E-state index contributed by atoms with van der Waals surface area (Å²) in [7, 11) is 0. The lowest BCUT2D eigenvalue weighted by Crippen LogP contribution is -2.34. The molecule has 2 rings (SSSR count). The molecule has 0 radical (unpaired) electrons. The van der Waals surface area contributed by atoms with Gasteiger partial charge in [-0.15, -0.1) is 0 Å². The molecule has 5 nitrogen and oxygen atoms in total. The molecule has 0 spiro atoms. The highest BCUT2D eigenvalue weighted by Gasteiger charge is 2.16. The molecule has 2 aromatic rings. The number of aliphatic hydroxyl groups is 1. The first-order valence-corrected chi connectivity index (χ1v) is 9.33. The van der Waals surface area contributed by atoms with Gasteiger partial charge >= 0.3 is 0 Å². The molecule has 0 aliphatic carbocycles. The number of amides is 1. The summed E-state index contributed by atoms with van der Waals surface area (Å²) < 4.78 is 13.1. The van der Waals surface area contributed by atoms with Crippen molar-refractivity contribution in [2.45, 2.75) is 26.4 Å². The summed E-state index contributed by atoms with van der Waals surface area (Å²) in [6.07, 6.45) is -0.469. The smallest absolute Gasteiger partial charge is 0.225 e. The molecule has 6 heteroatoms. The van der Waals surface area contributed by atoms with Crippen LogP contribution in [0.2, 0.25) is 0 Å². The number of nitrogens with one attached hydrogen (secondary N) is 1. The van der Waals surface area contributed by atoms with Crippen molar-refractivity contribution in [3.05, 3.63) is 65.5 Å². The van der Waals surface area contributed by atoms with Crippen molar-refractivity contribution in [3.8, 4) is 6.07 Å². The number of halogens is 1. The Labute approximate surface area is 165 Å². The molecule has 0 aromatic heterocycles. The second-order valence-corrected chi connectivity index (χ2v) is 7.21. The largest absolute Gasteiger partial charge is 0.387 e. The van der Waals surface area contributed by atoms with E-state index in [1.807, 2.05) is 11.0 Å². The third-order valence-corrected chi connectivity index (χ3v) is 4.26. The van der Waals surface area contributed by atoms with E-state index in [-0.39, 0.29) is 18.1 Å². The SMILES string of the molecule is CC(C)CN(CCC(=O)Nc1ccc(C#N)cc1)CC(O)c1ccc(F)cc1. The molecule has 0 aliphatic heterocycles. The maximum atomic E-state index is 13.1. The van der Waals surface area contributed by atoms with Gasteiger partial charge in [0.25, 0.3) is 0 Å². The second-order valence-electron chi connectivity index (χ2n) is 7.21. The van der Waals surface area contributed by atoms with Crippen LogP contribution >= 0.6 is 0 Å². The first-order chi connectivity index (χ1) is 13.4. The molecule has 1 atom stereocenters. The summed E-state index contributed by atoms with van der Waals surface area (Å²) in [5.41, 5.74) is 1.83. The highest BCUT2D eigenvalue weighted by atomic mass is 19.1. The van der Waals surface area contributed by atoms with Gasteiger partial charge in [-0.3, -0.25) is 9.69 Å². The molecule has 0 saturated carbocycles. The Morgan fingerprint density at radius 2 is 1.79 bits per heavy atom. The second kappa shape index (κ2) is 10.5. The Bertz CT molecular complexity index is 798. The minimum absolute atomic E-state index is 0.130.